The van der Waals surface area contributed by atoms with Crippen LogP contribution >= 0.6 is 11.8 Å². The van der Waals surface area contributed by atoms with E-state index in [1.54, 1.807) is 7.05 Å². The van der Waals surface area contributed by atoms with E-state index in [0.29, 0.717) is 18.6 Å². The number of aliphatic carboxylic acids is 2. The van der Waals surface area contributed by atoms with Gasteiger partial charge in [0.25, 0.3) is 0 Å². The molecule has 16 nitrogen and oxygen atoms in total. The van der Waals surface area contributed by atoms with Crippen molar-refractivity contribution in [2.45, 2.75) is 163 Å². The standard InChI is InChI=1S/C56H72N6O10S/c1-57-34-60-56(71,50(68)69)28-18-42(63)61-41(47(64)62-48(65)49(66)67)33-73-46-44-43-39(16-4-3-7-21-52(46)22-8-9-23-52)53(24-10-11-25-53)40(31-35-19-29-59-30-20-35)45-54(58-2)27-17-37(32-54)38-15-6-5-13-36(38)14-12-26-55(43,45)51(70)72-44/h5-6,13,15,19-20,29-30,37,39,41,46,48,57-58,60,65,71H,3-4,7-11,14,16-18,21-25,27-28,31-34H2,1-2H3,(H,61,63)(H,62,64)(H,66,67)(H,68,69)/t37-,39+,41+,46+,48+,54+,55+,56-/m1/s1. The second-order valence-corrected chi connectivity index (χ2v) is 22.9. The highest BCUT2D eigenvalue weighted by Crippen LogP contribution is 2.71. The number of rotatable bonds is 17. The molecule has 1 aliphatic heterocycles. The molecule has 6 aliphatic carbocycles. The predicted octanol–water partition coefficient (Wildman–Crippen LogP) is 5.34. The molecule has 3 fully saturated rings. The number of carboxylic acids is 2. The van der Waals surface area contributed by atoms with Gasteiger partial charge in [-0.1, -0.05) is 86.6 Å². The van der Waals surface area contributed by atoms with Crippen molar-refractivity contribution in [1.29, 1.82) is 0 Å². The lowest BCUT2D eigenvalue weighted by Gasteiger charge is -2.55. The number of carbonyl (C=O) groups is 5. The Hall–Kier alpha value is -5.09. The van der Waals surface area contributed by atoms with E-state index in [9.17, 15) is 39.6 Å². The minimum Gasteiger partial charge on any atom is -0.478 e. The van der Waals surface area contributed by atoms with E-state index in [-0.39, 0.29) is 41.1 Å². The quantitative estimate of drug-likeness (QED) is 0.0420. The Balaban J connectivity index is 1.23. The van der Waals surface area contributed by atoms with Gasteiger partial charge in [0.1, 0.15) is 11.8 Å². The smallest absolute Gasteiger partial charge is 0.353 e. The number of aliphatic hydroxyl groups excluding tert-OH is 1. The largest absolute Gasteiger partial charge is 0.478 e. The first kappa shape index (κ1) is 52.8. The third-order valence-corrected chi connectivity index (χ3v) is 19.5. The number of allylic oxidation sites excluding steroid dienone is 1. The molecule has 3 saturated carbocycles. The average molecular weight is 1020 g/mol. The van der Waals surface area contributed by atoms with Crippen LogP contribution < -0.4 is 26.6 Å². The molecule has 2 bridgehead atoms. The molecule has 2 heterocycles. The van der Waals surface area contributed by atoms with Crippen LogP contribution in [0.3, 0.4) is 0 Å². The van der Waals surface area contributed by atoms with E-state index in [0.717, 1.165) is 119 Å². The fourth-order valence-electron chi connectivity index (χ4n) is 14.5. The van der Waals surface area contributed by atoms with Gasteiger partial charge in [0, 0.05) is 55.2 Å². The second kappa shape index (κ2) is 21.6. The van der Waals surface area contributed by atoms with Crippen LogP contribution in [-0.2, 0) is 41.6 Å². The number of hydrogen-bond donors (Lipinski definition) is 9. The molecule has 0 unspecified atom stereocenters. The molecular weight excluding hydrogens is 949 g/mol. The lowest BCUT2D eigenvalue weighted by molar-refractivity contribution is -0.164. The number of ether oxygens (including phenoxy) is 1. The van der Waals surface area contributed by atoms with Crippen LogP contribution in [0, 0.1) is 34.0 Å². The number of thioether (sulfide) groups is 1. The molecule has 0 radical (unpaired) electrons. The Morgan fingerprint density at radius 1 is 0.918 bits per heavy atom. The maximum Gasteiger partial charge on any atom is 0.353 e. The first-order valence-electron chi connectivity index (χ1n) is 26.5. The predicted molar refractivity (Wildman–Crippen MR) is 274 cm³/mol. The van der Waals surface area contributed by atoms with Crippen LogP contribution in [0.15, 0.2) is 71.3 Å². The summed E-state index contributed by atoms with van der Waals surface area (Å²) < 4.78 is 7.15. The molecule has 17 heteroatoms. The van der Waals surface area contributed by atoms with Gasteiger partial charge in [0.05, 0.1) is 5.25 Å². The van der Waals surface area contributed by atoms with E-state index < -0.39 is 70.8 Å². The number of esters is 1. The molecular formula is C56H72N6O10S. The number of fused-ring (bicyclic) bond motifs is 6. The van der Waals surface area contributed by atoms with E-state index >= 15 is 4.79 Å². The highest BCUT2D eigenvalue weighted by Gasteiger charge is 2.69. The molecule has 73 heavy (non-hydrogen) atoms. The normalized spacial score (nSPS) is 28.4. The first-order chi connectivity index (χ1) is 35.2. The van der Waals surface area contributed by atoms with E-state index in [1.165, 1.54) is 28.5 Å². The Morgan fingerprint density at radius 3 is 2.33 bits per heavy atom. The van der Waals surface area contributed by atoms with Gasteiger partial charge in [-0.25, -0.2) is 14.4 Å². The van der Waals surface area contributed by atoms with E-state index in [2.05, 4.69) is 79.8 Å². The van der Waals surface area contributed by atoms with Crippen LogP contribution in [0.25, 0.3) is 0 Å². The Morgan fingerprint density at radius 2 is 1.63 bits per heavy atom. The third-order valence-electron chi connectivity index (χ3n) is 17.9. The summed E-state index contributed by atoms with van der Waals surface area (Å²) in [5, 5.41) is 54.2. The zero-order valence-corrected chi connectivity index (χ0v) is 43.0. The summed E-state index contributed by atoms with van der Waals surface area (Å²) in [5.74, 6) is 2.72. The SMILES string of the molecule is CNCN[C@@](O)(CCC(=O)N[C@@H](CS[C@H]1C2=C3[C@H](CCCCCC14CCCC4)C1(CCCC1)C(Cc1ccncc1)=C1[C@]4(NC)CC[C@H](C4)c4ccccc4CC#C[C@]31C(=O)O2)C(=O)N[C@@H](O)C(=O)O)C(=O)O. The van der Waals surface area contributed by atoms with Gasteiger partial charge in [-0.2, -0.15) is 0 Å². The van der Waals surface area contributed by atoms with Crippen LogP contribution in [0.1, 0.15) is 138 Å². The van der Waals surface area contributed by atoms with Crippen molar-refractivity contribution in [3.63, 3.8) is 0 Å². The maximum atomic E-state index is 16.2. The highest BCUT2D eigenvalue weighted by atomic mass is 32.2. The molecule has 1 aromatic carbocycles. The Labute approximate surface area is 432 Å². The van der Waals surface area contributed by atoms with Crippen LogP contribution in [0.2, 0.25) is 0 Å². The van der Waals surface area contributed by atoms with Crippen LogP contribution in [0.5, 0.6) is 0 Å². The van der Waals surface area contributed by atoms with Crippen molar-refractivity contribution in [2.24, 2.45) is 22.2 Å². The number of amides is 2. The van der Waals surface area contributed by atoms with Gasteiger partial charge >= 0.3 is 17.9 Å². The number of pyridine rings is 1. The summed E-state index contributed by atoms with van der Waals surface area (Å²) in [5.41, 5.74) is 1.71. The minimum absolute atomic E-state index is 0.0761. The molecule has 9 N–H and O–H groups in total. The first-order valence-corrected chi connectivity index (χ1v) is 27.6. The van der Waals surface area contributed by atoms with Crippen molar-refractivity contribution >= 4 is 41.5 Å². The molecule has 392 valence electrons. The molecule has 9 rings (SSSR count). The lowest BCUT2D eigenvalue weighted by Crippen LogP contribution is -2.57. The second-order valence-electron chi connectivity index (χ2n) is 21.8. The summed E-state index contributed by atoms with van der Waals surface area (Å²) in [6.07, 6.45) is 16.2. The number of aliphatic hydroxyl groups is 2. The zero-order valence-electron chi connectivity index (χ0n) is 42.2. The van der Waals surface area contributed by atoms with Crippen molar-refractivity contribution in [3.05, 3.63) is 88.0 Å². The molecule has 0 saturated heterocycles. The van der Waals surface area contributed by atoms with Crippen molar-refractivity contribution in [3.8, 4) is 11.8 Å². The number of nitrogens with one attached hydrogen (secondary N) is 5. The average Bonchev–Trinajstić information content (AvgIpc) is 4.21. The molecule has 1 aromatic heterocycles. The van der Waals surface area contributed by atoms with Crippen molar-refractivity contribution in [2.75, 3.05) is 26.5 Å². The summed E-state index contributed by atoms with van der Waals surface area (Å²) in [7, 11) is 3.60. The molecule has 2 amide bonds. The van der Waals surface area contributed by atoms with Gasteiger partial charge in [-0.15, -0.1) is 11.8 Å². The number of benzene rings is 1. The number of likely N-dealkylation sites (N-methyl/N-ethyl adjacent to an activating group) is 1. The fraction of sp³-hybridized carbons (Fsp3) is 0.607. The van der Waals surface area contributed by atoms with E-state index in [4.69, 9.17) is 4.74 Å². The third kappa shape index (κ3) is 9.77. The Bertz CT molecular complexity index is 2580. The number of hydrogen-bond acceptors (Lipinski definition) is 13. The van der Waals surface area contributed by atoms with Crippen molar-refractivity contribution < 1.29 is 49.1 Å². The molecule has 2 aromatic rings. The molecule has 3 spiro atoms. The van der Waals surface area contributed by atoms with E-state index in [1.807, 2.05) is 19.4 Å². The summed E-state index contributed by atoms with van der Waals surface area (Å²) in [6.45, 7) is -0.0761. The van der Waals surface area contributed by atoms with Gasteiger partial charge in [-0.05, 0) is 135 Å². The number of carboxylic acid groups (broad SMARTS) is 2. The number of nitrogens with zero attached hydrogens (tertiary/aromatic N) is 1. The number of carbonyl (C=O) groups excluding carboxylic acids is 3. The van der Waals surface area contributed by atoms with Crippen LogP contribution in [0.4, 0.5) is 0 Å². The zero-order chi connectivity index (χ0) is 51.6. The highest BCUT2D eigenvalue weighted by molar-refractivity contribution is 8.00. The summed E-state index contributed by atoms with van der Waals surface area (Å²) >= 11 is 1.41. The van der Waals surface area contributed by atoms with Gasteiger partial charge in [0.15, 0.2) is 5.41 Å². The monoisotopic (exact) mass is 1020 g/mol. The Kier molecular flexibility index (Phi) is 15.6. The van der Waals surface area contributed by atoms with Gasteiger partial charge < -0.3 is 46.4 Å². The van der Waals surface area contributed by atoms with Gasteiger partial charge in [0.2, 0.25) is 23.8 Å². The lowest BCUT2D eigenvalue weighted by atomic mass is 9.47. The topological polar surface area (TPSA) is 249 Å². The fourth-order valence-corrected chi connectivity index (χ4v) is 16.1. The summed E-state index contributed by atoms with van der Waals surface area (Å²) in [4.78, 5) is 72.5. The summed E-state index contributed by atoms with van der Waals surface area (Å²) in [6, 6.07) is 11.4. The maximum absolute atomic E-state index is 16.2. The van der Waals surface area contributed by atoms with Crippen LogP contribution in [-0.4, -0.2) is 110 Å². The minimum atomic E-state index is -2.47. The molecule has 8 atom stereocenters. The van der Waals surface area contributed by atoms with Gasteiger partial charge in [-0.3, -0.25) is 19.9 Å². The molecule has 7 aliphatic rings. The van der Waals surface area contributed by atoms with Crippen molar-refractivity contribution in [1.82, 2.24) is 31.6 Å². The number of aromatic nitrogens is 1.